The first-order chi connectivity index (χ1) is 14.6. The molecule has 0 spiro atoms. The van der Waals surface area contributed by atoms with Crippen molar-refractivity contribution in [1.82, 2.24) is 20.3 Å². The average Bonchev–Trinajstić information content (AvgIpc) is 3.07. The molecule has 0 fully saturated rings. The maximum atomic E-state index is 13.0. The van der Waals surface area contributed by atoms with Crippen LogP contribution in [0.15, 0.2) is 48.5 Å². The molecule has 0 aliphatic carbocycles. The number of rotatable bonds is 6. The average molecular weight is 432 g/mol. The highest BCUT2D eigenvalue weighted by molar-refractivity contribution is 5.93. The zero-order chi connectivity index (χ0) is 22.8. The predicted octanol–water partition coefficient (Wildman–Crippen LogP) is 3.84. The van der Waals surface area contributed by atoms with Gasteiger partial charge < -0.3 is 10.4 Å². The molecule has 0 aliphatic rings. The second-order valence-electron chi connectivity index (χ2n) is 7.00. The van der Waals surface area contributed by atoms with Gasteiger partial charge in [0.2, 0.25) is 0 Å². The molecule has 0 radical (unpaired) electrons. The molecule has 162 valence electrons. The third-order valence-electron chi connectivity index (χ3n) is 4.71. The molecular weight excluding hydrogens is 413 g/mol. The van der Waals surface area contributed by atoms with Crippen LogP contribution in [0.25, 0.3) is 0 Å². The van der Waals surface area contributed by atoms with E-state index in [4.69, 9.17) is 5.11 Å². The van der Waals surface area contributed by atoms with Crippen LogP contribution in [0.3, 0.4) is 0 Å². The van der Waals surface area contributed by atoms with Crippen LogP contribution in [0.1, 0.15) is 56.2 Å². The van der Waals surface area contributed by atoms with E-state index in [1.54, 1.807) is 26.0 Å². The summed E-state index contributed by atoms with van der Waals surface area (Å²) < 4.78 is 40.1. The topological polar surface area (TPSA) is 97.1 Å². The number of carbonyl (C=O) groups excluding carboxylic acids is 1. The quantitative estimate of drug-likeness (QED) is 0.617. The normalized spacial score (nSPS) is 12.4. The van der Waals surface area contributed by atoms with E-state index in [0.29, 0.717) is 16.8 Å². The van der Waals surface area contributed by atoms with Gasteiger partial charge in [-0.2, -0.15) is 13.2 Å². The predicted molar refractivity (Wildman–Crippen MR) is 105 cm³/mol. The number of carboxylic acids is 1. The number of carbonyl (C=O) groups is 2. The molecule has 0 saturated carbocycles. The van der Waals surface area contributed by atoms with Gasteiger partial charge in [-0.25, -0.2) is 9.48 Å². The maximum absolute atomic E-state index is 13.0. The van der Waals surface area contributed by atoms with Gasteiger partial charge in [0.05, 0.1) is 29.4 Å². The fraction of sp³-hybridized carbons (Fsp3) is 0.238. The molecule has 3 rings (SSSR count). The molecule has 2 N–H and O–H groups in total. The zero-order valence-electron chi connectivity index (χ0n) is 16.6. The fourth-order valence-corrected chi connectivity index (χ4v) is 3.07. The Morgan fingerprint density at radius 3 is 2.45 bits per heavy atom. The summed E-state index contributed by atoms with van der Waals surface area (Å²) in [5.41, 5.74) is 0.816. The molecule has 0 bridgehead atoms. The van der Waals surface area contributed by atoms with Gasteiger partial charge in [-0.05, 0) is 49.2 Å². The summed E-state index contributed by atoms with van der Waals surface area (Å²) in [6, 6.07) is 10.4. The highest BCUT2D eigenvalue weighted by Gasteiger charge is 2.30. The number of halogens is 3. The number of benzene rings is 2. The Labute approximate surface area is 175 Å². The molecule has 2 aromatic carbocycles. The molecule has 0 saturated heterocycles. The Bertz CT molecular complexity index is 1110. The third kappa shape index (κ3) is 5.08. The van der Waals surface area contributed by atoms with E-state index in [2.05, 4.69) is 15.6 Å². The van der Waals surface area contributed by atoms with Crippen molar-refractivity contribution in [2.45, 2.75) is 32.6 Å². The molecule has 1 amide bonds. The van der Waals surface area contributed by atoms with Gasteiger partial charge in [-0.3, -0.25) is 4.79 Å². The standard InChI is InChI=1S/C21H19F3N4O3/c1-12(15-6-8-16(9-7-15)20(30)31)25-19(29)18-13(2)26-27-28(18)11-14-4-3-5-17(10-14)21(22,23)24/h3-10,12H,11H2,1-2H3,(H,25,29)(H,30,31). The lowest BCUT2D eigenvalue weighted by Crippen LogP contribution is -2.29. The number of aromatic nitrogens is 3. The Morgan fingerprint density at radius 1 is 1.16 bits per heavy atom. The first-order valence-electron chi connectivity index (χ1n) is 9.26. The van der Waals surface area contributed by atoms with Crippen molar-refractivity contribution >= 4 is 11.9 Å². The lowest BCUT2D eigenvalue weighted by molar-refractivity contribution is -0.137. The van der Waals surface area contributed by atoms with Crippen LogP contribution in [0.2, 0.25) is 0 Å². The number of amides is 1. The summed E-state index contributed by atoms with van der Waals surface area (Å²) in [5.74, 6) is -1.55. The highest BCUT2D eigenvalue weighted by atomic mass is 19.4. The monoisotopic (exact) mass is 432 g/mol. The van der Waals surface area contributed by atoms with E-state index >= 15 is 0 Å². The minimum Gasteiger partial charge on any atom is -0.478 e. The zero-order valence-corrected chi connectivity index (χ0v) is 16.6. The molecular formula is C21H19F3N4O3. The van der Waals surface area contributed by atoms with E-state index < -0.39 is 29.7 Å². The lowest BCUT2D eigenvalue weighted by atomic mass is 10.1. The maximum Gasteiger partial charge on any atom is 0.416 e. The summed E-state index contributed by atoms with van der Waals surface area (Å²) in [6.07, 6.45) is -4.47. The summed E-state index contributed by atoms with van der Waals surface area (Å²) in [4.78, 5) is 23.8. The fourth-order valence-electron chi connectivity index (χ4n) is 3.07. The largest absolute Gasteiger partial charge is 0.478 e. The number of alkyl halides is 3. The van der Waals surface area contributed by atoms with Crippen LogP contribution in [0.4, 0.5) is 13.2 Å². The SMILES string of the molecule is Cc1nnn(Cc2cccc(C(F)(F)F)c2)c1C(=O)NC(C)c1ccc(C(=O)O)cc1. The molecule has 1 unspecified atom stereocenters. The van der Waals surface area contributed by atoms with Crippen LogP contribution in [-0.4, -0.2) is 32.0 Å². The van der Waals surface area contributed by atoms with E-state index in [1.807, 2.05) is 0 Å². The molecule has 3 aromatic rings. The van der Waals surface area contributed by atoms with Gasteiger partial charge >= 0.3 is 12.1 Å². The second-order valence-corrected chi connectivity index (χ2v) is 7.00. The van der Waals surface area contributed by atoms with Crippen molar-refractivity contribution < 1.29 is 27.9 Å². The molecule has 1 aromatic heterocycles. The number of aromatic carboxylic acids is 1. The molecule has 1 atom stereocenters. The molecule has 31 heavy (non-hydrogen) atoms. The molecule has 7 nitrogen and oxygen atoms in total. The summed E-state index contributed by atoms with van der Waals surface area (Å²) in [7, 11) is 0. The third-order valence-corrected chi connectivity index (χ3v) is 4.71. The summed E-state index contributed by atoms with van der Waals surface area (Å²) >= 11 is 0. The molecule has 0 aliphatic heterocycles. The van der Waals surface area contributed by atoms with Crippen LogP contribution in [0, 0.1) is 6.92 Å². The summed E-state index contributed by atoms with van der Waals surface area (Å²) in [5, 5.41) is 19.5. The van der Waals surface area contributed by atoms with Crippen molar-refractivity contribution in [2.24, 2.45) is 0 Å². The first kappa shape index (κ1) is 22.0. The van der Waals surface area contributed by atoms with Crippen LogP contribution in [0.5, 0.6) is 0 Å². The Balaban J connectivity index is 1.78. The minimum absolute atomic E-state index is 0.0603. The Hall–Kier alpha value is -3.69. The van der Waals surface area contributed by atoms with E-state index in [9.17, 15) is 22.8 Å². The van der Waals surface area contributed by atoms with Crippen molar-refractivity contribution in [1.29, 1.82) is 0 Å². The van der Waals surface area contributed by atoms with Gasteiger partial charge in [0, 0.05) is 0 Å². The van der Waals surface area contributed by atoms with Gasteiger partial charge in [0.15, 0.2) is 0 Å². The van der Waals surface area contributed by atoms with Crippen molar-refractivity contribution in [3.63, 3.8) is 0 Å². The number of aryl methyl sites for hydroxylation is 1. The van der Waals surface area contributed by atoms with Gasteiger partial charge in [-0.1, -0.05) is 29.5 Å². The van der Waals surface area contributed by atoms with Gasteiger partial charge in [0.1, 0.15) is 5.69 Å². The highest BCUT2D eigenvalue weighted by Crippen LogP contribution is 2.29. The van der Waals surface area contributed by atoms with E-state index in [1.165, 1.54) is 28.9 Å². The number of nitrogens with one attached hydrogen (secondary N) is 1. The van der Waals surface area contributed by atoms with E-state index in [0.717, 1.165) is 12.1 Å². The Kier molecular flexibility index (Phi) is 6.09. The van der Waals surface area contributed by atoms with E-state index in [-0.39, 0.29) is 17.8 Å². The lowest BCUT2D eigenvalue weighted by Gasteiger charge is -2.15. The number of hydrogen-bond donors (Lipinski definition) is 2. The van der Waals surface area contributed by atoms with Crippen molar-refractivity contribution in [2.75, 3.05) is 0 Å². The summed E-state index contributed by atoms with van der Waals surface area (Å²) in [6.45, 7) is 3.25. The van der Waals surface area contributed by atoms with Gasteiger partial charge in [0.25, 0.3) is 5.91 Å². The molecule has 1 heterocycles. The number of nitrogens with zero attached hydrogens (tertiary/aromatic N) is 3. The minimum atomic E-state index is -4.47. The van der Waals surface area contributed by atoms with Crippen molar-refractivity contribution in [3.8, 4) is 0 Å². The smallest absolute Gasteiger partial charge is 0.416 e. The number of hydrogen-bond acceptors (Lipinski definition) is 4. The van der Waals surface area contributed by atoms with Crippen molar-refractivity contribution in [3.05, 3.63) is 82.2 Å². The van der Waals surface area contributed by atoms with Crippen LogP contribution in [-0.2, 0) is 12.7 Å². The van der Waals surface area contributed by atoms with Gasteiger partial charge in [-0.15, -0.1) is 5.10 Å². The Morgan fingerprint density at radius 2 is 1.84 bits per heavy atom. The van der Waals surface area contributed by atoms with Crippen LogP contribution < -0.4 is 5.32 Å². The molecule has 10 heteroatoms. The number of carboxylic acid groups (broad SMARTS) is 1. The second kappa shape index (κ2) is 8.58. The first-order valence-corrected chi connectivity index (χ1v) is 9.26. The van der Waals surface area contributed by atoms with Crippen LogP contribution >= 0.6 is 0 Å².